The fourth-order valence-corrected chi connectivity index (χ4v) is 2.16. The summed E-state index contributed by atoms with van der Waals surface area (Å²) in [5.41, 5.74) is 11.3. The highest BCUT2D eigenvalue weighted by Gasteiger charge is 2.08. The molecule has 2 rings (SSSR count). The normalized spacial score (nSPS) is 10.7. The molecule has 0 saturated heterocycles. The number of nitrogens with two attached hydrogens (primary N) is 1. The minimum atomic E-state index is 0.502. The summed E-state index contributed by atoms with van der Waals surface area (Å²) in [4.78, 5) is 9.10. The Labute approximate surface area is 108 Å². The highest BCUT2D eigenvalue weighted by Crippen LogP contribution is 2.14. The summed E-state index contributed by atoms with van der Waals surface area (Å²) in [7, 11) is 0. The van der Waals surface area contributed by atoms with E-state index in [1.165, 1.54) is 11.1 Å². The molecule has 0 aliphatic heterocycles. The Balaban J connectivity index is 2.34. The average molecular weight is 241 g/mol. The van der Waals surface area contributed by atoms with Crippen LogP contribution in [0.25, 0.3) is 0 Å². The molecule has 1 aromatic heterocycles. The van der Waals surface area contributed by atoms with Crippen molar-refractivity contribution in [3.8, 4) is 0 Å². The summed E-state index contributed by atoms with van der Waals surface area (Å²) in [5, 5.41) is 0. The predicted octanol–water partition coefficient (Wildman–Crippen LogP) is 2.45. The van der Waals surface area contributed by atoms with Crippen molar-refractivity contribution in [3.63, 3.8) is 0 Å². The molecule has 0 spiro atoms. The first-order valence-corrected chi connectivity index (χ1v) is 6.19. The quantitative estimate of drug-likeness (QED) is 0.898. The second kappa shape index (κ2) is 5.27. The Kier molecular flexibility index (Phi) is 3.72. The van der Waals surface area contributed by atoms with E-state index < -0.39 is 0 Å². The zero-order valence-electron chi connectivity index (χ0n) is 11.2. The highest BCUT2D eigenvalue weighted by molar-refractivity contribution is 5.30. The third-order valence-electron chi connectivity index (χ3n) is 3.28. The van der Waals surface area contributed by atoms with Gasteiger partial charge in [0.05, 0.1) is 0 Å². The Hall–Kier alpha value is -1.74. The molecule has 0 aliphatic rings. The first-order valence-electron chi connectivity index (χ1n) is 6.19. The highest BCUT2D eigenvalue weighted by atomic mass is 14.9. The number of rotatable bonds is 3. The maximum absolute atomic E-state index is 5.70. The molecular weight excluding hydrogens is 222 g/mol. The maximum atomic E-state index is 5.70. The Morgan fingerprint density at radius 3 is 2.17 bits per heavy atom. The van der Waals surface area contributed by atoms with Crippen molar-refractivity contribution in [1.29, 1.82) is 0 Å². The van der Waals surface area contributed by atoms with Gasteiger partial charge in [-0.15, -0.1) is 0 Å². The van der Waals surface area contributed by atoms with Crippen LogP contribution in [0.4, 0.5) is 0 Å². The number of hydrogen-bond donors (Lipinski definition) is 1. The zero-order valence-corrected chi connectivity index (χ0v) is 11.2. The topological polar surface area (TPSA) is 51.8 Å². The van der Waals surface area contributed by atoms with Crippen LogP contribution in [-0.2, 0) is 13.0 Å². The smallest absolute Gasteiger partial charge is 0.133 e. The van der Waals surface area contributed by atoms with Crippen LogP contribution in [0.5, 0.6) is 0 Å². The molecule has 3 nitrogen and oxygen atoms in total. The fraction of sp³-hybridized carbons (Fsp3) is 0.333. The molecule has 0 bridgehead atoms. The molecule has 1 aromatic carbocycles. The lowest BCUT2D eigenvalue weighted by Crippen LogP contribution is -2.09. The van der Waals surface area contributed by atoms with Crippen LogP contribution in [0.1, 0.15) is 33.9 Å². The van der Waals surface area contributed by atoms with Crippen LogP contribution < -0.4 is 5.73 Å². The van der Waals surface area contributed by atoms with Gasteiger partial charge < -0.3 is 5.73 Å². The second-order valence-electron chi connectivity index (χ2n) is 4.60. The lowest BCUT2D eigenvalue weighted by atomic mass is 10.1. The van der Waals surface area contributed by atoms with Crippen molar-refractivity contribution in [1.82, 2.24) is 9.97 Å². The zero-order chi connectivity index (χ0) is 13.1. The van der Waals surface area contributed by atoms with Gasteiger partial charge in [-0.1, -0.05) is 24.3 Å². The third kappa shape index (κ3) is 2.57. The summed E-state index contributed by atoms with van der Waals surface area (Å²) < 4.78 is 0. The van der Waals surface area contributed by atoms with E-state index in [-0.39, 0.29) is 0 Å². The molecule has 3 heteroatoms. The SMILES string of the molecule is Cc1ccccc1Cc1nc(C)c(CN)c(C)n1. The van der Waals surface area contributed by atoms with E-state index in [0.717, 1.165) is 29.2 Å². The van der Waals surface area contributed by atoms with Gasteiger partial charge in [-0.2, -0.15) is 0 Å². The van der Waals surface area contributed by atoms with E-state index in [0.29, 0.717) is 6.54 Å². The van der Waals surface area contributed by atoms with Gasteiger partial charge in [-0.05, 0) is 31.9 Å². The molecule has 18 heavy (non-hydrogen) atoms. The first-order chi connectivity index (χ1) is 8.61. The number of aryl methyl sites for hydroxylation is 3. The van der Waals surface area contributed by atoms with Crippen molar-refractivity contribution in [2.45, 2.75) is 33.7 Å². The van der Waals surface area contributed by atoms with Crippen LogP contribution in [0.15, 0.2) is 24.3 Å². The number of nitrogens with zero attached hydrogens (tertiary/aromatic N) is 2. The largest absolute Gasteiger partial charge is 0.326 e. The summed E-state index contributed by atoms with van der Waals surface area (Å²) in [6.07, 6.45) is 0.777. The Bertz CT molecular complexity index is 538. The van der Waals surface area contributed by atoms with Crippen molar-refractivity contribution in [2.75, 3.05) is 0 Å². The number of aromatic nitrogens is 2. The number of hydrogen-bond acceptors (Lipinski definition) is 3. The van der Waals surface area contributed by atoms with E-state index in [4.69, 9.17) is 5.73 Å². The first kappa shape index (κ1) is 12.7. The van der Waals surface area contributed by atoms with Crippen molar-refractivity contribution >= 4 is 0 Å². The molecule has 0 amide bonds. The van der Waals surface area contributed by atoms with E-state index in [1.54, 1.807) is 0 Å². The fourth-order valence-electron chi connectivity index (χ4n) is 2.16. The van der Waals surface area contributed by atoms with E-state index in [2.05, 4.69) is 35.1 Å². The van der Waals surface area contributed by atoms with Gasteiger partial charge in [-0.3, -0.25) is 0 Å². The minimum Gasteiger partial charge on any atom is -0.326 e. The molecule has 1 heterocycles. The molecule has 0 atom stereocenters. The summed E-state index contributed by atoms with van der Waals surface area (Å²) >= 11 is 0. The molecular formula is C15H19N3. The van der Waals surface area contributed by atoms with Crippen LogP contribution >= 0.6 is 0 Å². The number of benzene rings is 1. The summed E-state index contributed by atoms with van der Waals surface area (Å²) in [5.74, 6) is 0.872. The van der Waals surface area contributed by atoms with Crippen LogP contribution in [0.2, 0.25) is 0 Å². The third-order valence-corrected chi connectivity index (χ3v) is 3.28. The van der Waals surface area contributed by atoms with Crippen LogP contribution in [0.3, 0.4) is 0 Å². The van der Waals surface area contributed by atoms with Gasteiger partial charge >= 0.3 is 0 Å². The molecule has 0 radical (unpaired) electrons. The Morgan fingerprint density at radius 1 is 1.00 bits per heavy atom. The van der Waals surface area contributed by atoms with Crippen LogP contribution in [-0.4, -0.2) is 9.97 Å². The molecule has 94 valence electrons. The molecule has 0 fully saturated rings. The second-order valence-corrected chi connectivity index (χ2v) is 4.60. The van der Waals surface area contributed by atoms with E-state index in [9.17, 15) is 0 Å². The molecule has 0 saturated carbocycles. The molecule has 0 unspecified atom stereocenters. The van der Waals surface area contributed by atoms with Crippen molar-refractivity contribution in [2.24, 2.45) is 5.73 Å². The van der Waals surface area contributed by atoms with Crippen molar-refractivity contribution < 1.29 is 0 Å². The van der Waals surface area contributed by atoms with Gasteiger partial charge in [-0.25, -0.2) is 9.97 Å². The van der Waals surface area contributed by atoms with Crippen LogP contribution in [0, 0.1) is 20.8 Å². The lowest BCUT2D eigenvalue weighted by molar-refractivity contribution is 0.864. The lowest BCUT2D eigenvalue weighted by Gasteiger charge is -2.10. The van der Waals surface area contributed by atoms with Crippen molar-refractivity contribution in [3.05, 3.63) is 58.2 Å². The maximum Gasteiger partial charge on any atom is 0.133 e. The van der Waals surface area contributed by atoms with Gasteiger partial charge in [0.25, 0.3) is 0 Å². The Morgan fingerprint density at radius 2 is 1.61 bits per heavy atom. The van der Waals surface area contributed by atoms with Gasteiger partial charge in [0.1, 0.15) is 5.82 Å². The molecule has 2 N–H and O–H groups in total. The average Bonchev–Trinajstić information content (AvgIpc) is 2.32. The van der Waals surface area contributed by atoms with E-state index in [1.807, 2.05) is 19.9 Å². The van der Waals surface area contributed by atoms with E-state index >= 15 is 0 Å². The minimum absolute atomic E-state index is 0.502. The van der Waals surface area contributed by atoms with Gasteiger partial charge in [0.2, 0.25) is 0 Å². The molecule has 2 aromatic rings. The van der Waals surface area contributed by atoms with Gasteiger partial charge in [0, 0.05) is 29.9 Å². The van der Waals surface area contributed by atoms with Gasteiger partial charge in [0.15, 0.2) is 0 Å². The summed E-state index contributed by atoms with van der Waals surface area (Å²) in [6, 6.07) is 8.34. The monoisotopic (exact) mass is 241 g/mol. The standard InChI is InChI=1S/C15H19N3/c1-10-6-4-5-7-13(10)8-15-17-11(2)14(9-16)12(3)18-15/h4-7H,8-9,16H2,1-3H3. The predicted molar refractivity (Wildman–Crippen MR) is 73.4 cm³/mol. The summed E-state index contributed by atoms with van der Waals surface area (Å²) in [6.45, 7) is 6.61. The molecule has 0 aliphatic carbocycles.